The number of alkyl halides is 6. The van der Waals surface area contributed by atoms with Gasteiger partial charge >= 0.3 is 12.4 Å². The molecule has 3 aromatic rings. The summed E-state index contributed by atoms with van der Waals surface area (Å²) in [5.41, 5.74) is -2.28. The van der Waals surface area contributed by atoms with Gasteiger partial charge in [-0.25, -0.2) is 4.68 Å². The van der Waals surface area contributed by atoms with Gasteiger partial charge in [-0.15, -0.1) is 5.10 Å². The Morgan fingerprint density at radius 1 is 0.929 bits per heavy atom. The van der Waals surface area contributed by atoms with Gasteiger partial charge in [0.2, 0.25) is 0 Å². The number of aromatic nitrogens is 6. The number of hydrogen-bond acceptors (Lipinski definition) is 3. The molecule has 0 fully saturated rings. The predicted octanol–water partition coefficient (Wildman–Crippen LogP) is 4.56. The van der Waals surface area contributed by atoms with E-state index in [2.05, 4.69) is 31.2 Å². The molecule has 3 heterocycles. The molecule has 6 nitrogen and oxygen atoms in total. The van der Waals surface area contributed by atoms with Crippen LogP contribution in [0.4, 0.5) is 26.3 Å². The first-order valence-corrected chi connectivity index (χ1v) is 8.70. The topological polar surface area (TPSA) is 53.5 Å². The molecule has 0 bridgehead atoms. The van der Waals surface area contributed by atoms with E-state index in [4.69, 9.17) is 0 Å². The van der Waals surface area contributed by atoms with Gasteiger partial charge in [0.05, 0.1) is 17.1 Å². The molecule has 0 aromatic carbocycles. The summed E-state index contributed by atoms with van der Waals surface area (Å²) in [4.78, 5) is 2.06. The largest absolute Gasteiger partial charge is 0.437 e. The first kappa shape index (κ1) is 20.4. The molecule has 3 rings (SSSR count). The number of nitrogens with zero attached hydrogens (tertiary/aromatic N) is 6. The van der Waals surface area contributed by atoms with Gasteiger partial charge in [0.25, 0.3) is 0 Å². The third kappa shape index (κ3) is 3.42. The summed E-state index contributed by atoms with van der Waals surface area (Å²) in [6.07, 6.45) is -9.19. The molecule has 0 radical (unpaired) electrons. The van der Waals surface area contributed by atoms with Crippen molar-refractivity contribution in [1.82, 2.24) is 29.6 Å². The van der Waals surface area contributed by atoms with Crippen molar-refractivity contribution in [3.05, 3.63) is 45.2 Å². The molecule has 0 aliphatic heterocycles. The summed E-state index contributed by atoms with van der Waals surface area (Å²) in [6, 6.07) is 2.28. The Morgan fingerprint density at radius 3 is 2.04 bits per heavy atom. The highest BCUT2D eigenvalue weighted by atomic mass is 79.9. The summed E-state index contributed by atoms with van der Waals surface area (Å²) in [7, 11) is 0. The average molecular weight is 471 g/mol. The summed E-state index contributed by atoms with van der Waals surface area (Å²) < 4.78 is 79.9. The first-order chi connectivity index (χ1) is 12.8. The zero-order valence-electron chi connectivity index (χ0n) is 14.7. The van der Waals surface area contributed by atoms with Crippen LogP contribution in [0.3, 0.4) is 0 Å². The summed E-state index contributed by atoms with van der Waals surface area (Å²) in [6.45, 7) is 4.76. The molecule has 0 spiro atoms. The van der Waals surface area contributed by atoms with Gasteiger partial charge in [0.15, 0.2) is 11.4 Å². The van der Waals surface area contributed by atoms with Crippen molar-refractivity contribution < 1.29 is 26.3 Å². The molecule has 0 unspecified atom stereocenters. The fourth-order valence-electron chi connectivity index (χ4n) is 2.66. The van der Waals surface area contributed by atoms with Crippen LogP contribution >= 0.6 is 15.9 Å². The number of hydrogen-bond donors (Lipinski definition) is 0. The molecule has 0 saturated heterocycles. The Balaban J connectivity index is 2.28. The molecular formula is C15H13BrF6N6. The standard InChI is InChI=1S/C15H13BrF6N6/c1-4-9-5-7(2)27(23-9)28-8(3)12(13(25-28)15(20,21)22)26-11(16)6-10(24-26)14(17,18)19/h5-6H,4H2,1-3H3. The molecule has 0 aliphatic carbocycles. The highest BCUT2D eigenvalue weighted by Gasteiger charge is 2.42. The van der Waals surface area contributed by atoms with Gasteiger partial charge in [-0.05, 0) is 42.3 Å². The smallest absolute Gasteiger partial charge is 0.222 e. The van der Waals surface area contributed by atoms with E-state index >= 15 is 0 Å². The Labute approximate surface area is 162 Å². The van der Waals surface area contributed by atoms with Crippen LogP contribution in [0.2, 0.25) is 0 Å². The lowest BCUT2D eigenvalue weighted by Gasteiger charge is -2.08. The van der Waals surface area contributed by atoms with E-state index in [0.717, 1.165) is 9.58 Å². The molecule has 28 heavy (non-hydrogen) atoms. The second kappa shape index (κ2) is 6.64. The second-order valence-electron chi connectivity index (χ2n) is 5.95. The normalized spacial score (nSPS) is 12.8. The fourth-order valence-corrected chi connectivity index (χ4v) is 3.13. The van der Waals surface area contributed by atoms with Crippen molar-refractivity contribution in [2.45, 2.75) is 39.5 Å². The van der Waals surface area contributed by atoms with E-state index in [1.807, 2.05) is 6.92 Å². The van der Waals surface area contributed by atoms with Crippen LogP contribution < -0.4 is 0 Å². The van der Waals surface area contributed by atoms with E-state index < -0.39 is 29.4 Å². The molecule has 0 amide bonds. The molecule has 0 atom stereocenters. The van der Waals surface area contributed by atoms with Crippen LogP contribution in [0, 0.1) is 13.8 Å². The van der Waals surface area contributed by atoms with Gasteiger partial charge in [-0.2, -0.15) is 46.1 Å². The Kier molecular flexibility index (Phi) is 4.84. The quantitative estimate of drug-likeness (QED) is 0.527. The predicted molar refractivity (Wildman–Crippen MR) is 88.9 cm³/mol. The maximum Gasteiger partial charge on any atom is 0.437 e. The molecular weight excluding hydrogens is 458 g/mol. The van der Waals surface area contributed by atoms with Gasteiger partial charge in [0, 0.05) is 6.07 Å². The summed E-state index contributed by atoms with van der Waals surface area (Å²) in [5.74, 6) is 0. The van der Waals surface area contributed by atoms with E-state index in [9.17, 15) is 26.3 Å². The molecule has 3 aromatic heterocycles. The van der Waals surface area contributed by atoms with Crippen molar-refractivity contribution in [2.24, 2.45) is 0 Å². The van der Waals surface area contributed by atoms with Crippen LogP contribution in [-0.2, 0) is 18.8 Å². The maximum atomic E-state index is 13.6. The zero-order chi connectivity index (χ0) is 21.0. The molecule has 152 valence electrons. The second-order valence-corrected chi connectivity index (χ2v) is 6.76. The lowest BCUT2D eigenvalue weighted by molar-refractivity contribution is -0.141. The first-order valence-electron chi connectivity index (χ1n) is 7.90. The van der Waals surface area contributed by atoms with Crippen molar-refractivity contribution in [3.63, 3.8) is 0 Å². The van der Waals surface area contributed by atoms with E-state index in [-0.39, 0.29) is 10.3 Å². The van der Waals surface area contributed by atoms with Crippen LogP contribution in [0.25, 0.3) is 5.69 Å². The van der Waals surface area contributed by atoms with Gasteiger partial charge in [0.1, 0.15) is 10.3 Å². The van der Waals surface area contributed by atoms with Gasteiger partial charge < -0.3 is 0 Å². The minimum atomic E-state index is -4.93. The fraction of sp³-hybridized carbons (Fsp3) is 0.400. The third-order valence-corrected chi connectivity index (χ3v) is 4.52. The van der Waals surface area contributed by atoms with Crippen molar-refractivity contribution >= 4 is 15.9 Å². The van der Waals surface area contributed by atoms with E-state index in [0.29, 0.717) is 28.6 Å². The van der Waals surface area contributed by atoms with Crippen molar-refractivity contribution in [3.8, 4) is 5.69 Å². The third-order valence-electron chi connectivity index (χ3n) is 3.95. The van der Waals surface area contributed by atoms with Crippen molar-refractivity contribution in [2.75, 3.05) is 0 Å². The zero-order valence-corrected chi connectivity index (χ0v) is 16.3. The van der Waals surface area contributed by atoms with E-state index in [1.165, 1.54) is 6.92 Å². The highest BCUT2D eigenvalue weighted by molar-refractivity contribution is 9.10. The Hall–Kier alpha value is -2.31. The van der Waals surface area contributed by atoms with Crippen molar-refractivity contribution in [1.29, 1.82) is 0 Å². The Bertz CT molecular complexity index is 1030. The minimum absolute atomic E-state index is 0.0845. The number of halogens is 7. The minimum Gasteiger partial charge on any atom is -0.222 e. The van der Waals surface area contributed by atoms with Gasteiger partial charge in [-0.3, -0.25) is 0 Å². The maximum absolute atomic E-state index is 13.6. The lowest BCUT2D eigenvalue weighted by Crippen LogP contribution is -2.17. The van der Waals surface area contributed by atoms with E-state index in [1.54, 1.807) is 13.0 Å². The molecule has 0 saturated carbocycles. The highest BCUT2D eigenvalue weighted by Crippen LogP contribution is 2.37. The Morgan fingerprint density at radius 2 is 1.57 bits per heavy atom. The lowest BCUT2D eigenvalue weighted by atomic mass is 10.3. The average Bonchev–Trinajstić information content (AvgIpc) is 3.21. The number of aryl methyl sites for hydroxylation is 2. The monoisotopic (exact) mass is 470 g/mol. The molecule has 13 heteroatoms. The van der Waals surface area contributed by atoms with Gasteiger partial charge in [-0.1, -0.05) is 6.92 Å². The van der Waals surface area contributed by atoms with Crippen LogP contribution in [0.15, 0.2) is 16.7 Å². The van der Waals surface area contributed by atoms with Crippen LogP contribution in [0.5, 0.6) is 0 Å². The SMILES string of the molecule is CCc1cc(C)n(-n2nc(C(F)(F)F)c(-n3nc(C(F)(F)F)cc3Br)c2C)n1. The van der Waals surface area contributed by atoms with Crippen LogP contribution in [0.1, 0.15) is 35.4 Å². The number of rotatable bonds is 3. The summed E-state index contributed by atoms with van der Waals surface area (Å²) in [5, 5.41) is 11.1. The molecule has 0 aliphatic rings. The van der Waals surface area contributed by atoms with Crippen LogP contribution in [-0.4, -0.2) is 29.6 Å². The molecule has 0 N–H and O–H groups in total. The summed E-state index contributed by atoms with van der Waals surface area (Å²) >= 11 is 2.85.